The van der Waals surface area contributed by atoms with E-state index in [1.807, 2.05) is 18.2 Å². The second-order valence-electron chi connectivity index (χ2n) is 4.39. The highest BCUT2D eigenvalue weighted by atomic mass is 32.2. The molecule has 0 bridgehead atoms. The first-order valence-electron chi connectivity index (χ1n) is 6.19. The van der Waals surface area contributed by atoms with E-state index in [2.05, 4.69) is 9.97 Å². The lowest BCUT2D eigenvalue weighted by molar-refractivity contribution is 0.0690. The van der Waals surface area contributed by atoms with E-state index < -0.39 is 17.8 Å². The number of hydrogen-bond acceptors (Lipinski definition) is 5. The van der Waals surface area contributed by atoms with E-state index in [9.17, 15) is 19.8 Å². The van der Waals surface area contributed by atoms with Gasteiger partial charge in [-0.15, -0.1) is 11.8 Å². The van der Waals surface area contributed by atoms with E-state index in [4.69, 9.17) is 0 Å². The van der Waals surface area contributed by atoms with Gasteiger partial charge in [0.1, 0.15) is 10.6 Å². The maximum Gasteiger partial charge on any atom is 0.346 e. The summed E-state index contributed by atoms with van der Waals surface area (Å²) in [5.41, 5.74) is 0.330. The molecule has 3 N–H and O–H groups in total. The fourth-order valence-electron chi connectivity index (χ4n) is 1.84. The predicted molar refractivity (Wildman–Crippen MR) is 78.7 cm³/mol. The summed E-state index contributed by atoms with van der Waals surface area (Å²) in [5.74, 6) is -0.951. The van der Waals surface area contributed by atoms with Gasteiger partial charge in [0.25, 0.3) is 0 Å². The number of H-pyrrole nitrogens is 1. The molecule has 2 aromatic rings. The first kappa shape index (κ1) is 15.3. The Labute approximate surface area is 124 Å². The second-order valence-corrected chi connectivity index (χ2v) is 5.40. The summed E-state index contributed by atoms with van der Waals surface area (Å²) in [6.45, 7) is 1.50. The maximum absolute atomic E-state index is 11.4. The monoisotopic (exact) mass is 306 g/mol. The number of nitrogens with zero attached hydrogens (tertiary/aromatic N) is 1. The van der Waals surface area contributed by atoms with Crippen molar-refractivity contribution < 1.29 is 15.0 Å². The van der Waals surface area contributed by atoms with Gasteiger partial charge in [0.2, 0.25) is 0 Å². The molecule has 1 atom stereocenters. The van der Waals surface area contributed by atoms with Crippen molar-refractivity contribution in [1.82, 2.24) is 9.97 Å². The van der Waals surface area contributed by atoms with Crippen LogP contribution in [0.1, 0.15) is 27.7 Å². The number of nitrogens with one attached hydrogen (secondary N) is 1. The number of aryl methyl sites for hydroxylation is 1. The zero-order valence-electron chi connectivity index (χ0n) is 11.2. The van der Waals surface area contributed by atoms with Gasteiger partial charge in [0.15, 0.2) is 0 Å². The van der Waals surface area contributed by atoms with Gasteiger partial charge < -0.3 is 15.2 Å². The minimum absolute atomic E-state index is 0.0418. The van der Waals surface area contributed by atoms with Crippen LogP contribution in [0.5, 0.6) is 0 Å². The third-order valence-electron chi connectivity index (χ3n) is 2.86. The Balaban J connectivity index is 2.20. The molecule has 0 amide bonds. The number of aliphatic hydroxyl groups is 1. The zero-order valence-corrected chi connectivity index (χ0v) is 12.1. The van der Waals surface area contributed by atoms with Gasteiger partial charge in [-0.3, -0.25) is 0 Å². The van der Waals surface area contributed by atoms with Crippen LogP contribution in [0.3, 0.4) is 0 Å². The van der Waals surface area contributed by atoms with Crippen LogP contribution in [-0.4, -0.2) is 31.9 Å². The summed E-state index contributed by atoms with van der Waals surface area (Å²) in [6.07, 6.45) is -0.765. The van der Waals surface area contributed by atoms with E-state index in [1.165, 1.54) is 6.92 Å². The number of aromatic carboxylic acids is 1. The standard InChI is InChI=1S/C14H14N2O4S/c1-8-11(13(18)19)12(16-14(20)15-8)21-7-10(17)9-5-3-2-4-6-9/h2-6,10,17H,7H2,1H3,(H,18,19)(H,15,16,20). The van der Waals surface area contributed by atoms with Crippen LogP contribution in [0.25, 0.3) is 0 Å². The normalized spacial score (nSPS) is 12.1. The average Bonchev–Trinajstić information content (AvgIpc) is 2.44. The van der Waals surface area contributed by atoms with E-state index >= 15 is 0 Å². The molecule has 1 aromatic heterocycles. The van der Waals surface area contributed by atoms with Gasteiger partial charge in [0, 0.05) is 11.4 Å². The SMILES string of the molecule is Cc1[nH]c(=O)nc(SCC(O)c2ccccc2)c1C(=O)O. The second kappa shape index (κ2) is 6.55. The van der Waals surface area contributed by atoms with Crippen LogP contribution in [0.15, 0.2) is 40.2 Å². The quantitative estimate of drug-likeness (QED) is 0.572. The summed E-state index contributed by atoms with van der Waals surface area (Å²) in [7, 11) is 0. The minimum atomic E-state index is -1.16. The third kappa shape index (κ3) is 3.71. The molecule has 7 heteroatoms. The van der Waals surface area contributed by atoms with Crippen molar-refractivity contribution in [3.05, 3.63) is 57.6 Å². The number of hydrogen-bond donors (Lipinski definition) is 3. The third-order valence-corrected chi connectivity index (χ3v) is 3.91. The van der Waals surface area contributed by atoms with Gasteiger partial charge in [-0.2, -0.15) is 4.98 Å². The minimum Gasteiger partial charge on any atom is -0.478 e. The molecule has 1 unspecified atom stereocenters. The van der Waals surface area contributed by atoms with Gasteiger partial charge in [-0.05, 0) is 12.5 Å². The Hall–Kier alpha value is -2.12. The molecule has 0 aliphatic rings. The maximum atomic E-state index is 11.4. The predicted octanol–water partition coefficient (Wildman–Crippen LogP) is 1.60. The number of benzene rings is 1. The van der Waals surface area contributed by atoms with Crippen molar-refractivity contribution in [2.75, 3.05) is 5.75 Å². The molecule has 110 valence electrons. The molecule has 21 heavy (non-hydrogen) atoms. The molecule has 0 saturated heterocycles. The van der Waals surface area contributed by atoms with Gasteiger partial charge >= 0.3 is 11.7 Å². The first-order chi connectivity index (χ1) is 9.99. The molecule has 1 aromatic carbocycles. The van der Waals surface area contributed by atoms with Crippen molar-refractivity contribution in [3.8, 4) is 0 Å². The highest BCUT2D eigenvalue weighted by molar-refractivity contribution is 7.99. The van der Waals surface area contributed by atoms with E-state index in [0.29, 0.717) is 0 Å². The Morgan fingerprint density at radius 1 is 1.38 bits per heavy atom. The number of carboxylic acids is 1. The number of aromatic nitrogens is 2. The van der Waals surface area contributed by atoms with Crippen molar-refractivity contribution in [1.29, 1.82) is 0 Å². The molecule has 6 nitrogen and oxygen atoms in total. The Morgan fingerprint density at radius 3 is 2.67 bits per heavy atom. The average molecular weight is 306 g/mol. The van der Waals surface area contributed by atoms with E-state index in [0.717, 1.165) is 17.3 Å². The van der Waals surface area contributed by atoms with E-state index in [1.54, 1.807) is 12.1 Å². The van der Waals surface area contributed by atoms with Crippen molar-refractivity contribution in [3.63, 3.8) is 0 Å². The first-order valence-corrected chi connectivity index (χ1v) is 7.17. The number of aliphatic hydroxyl groups excluding tert-OH is 1. The number of rotatable bonds is 5. The van der Waals surface area contributed by atoms with E-state index in [-0.39, 0.29) is 22.0 Å². The summed E-state index contributed by atoms with van der Waals surface area (Å²) in [4.78, 5) is 28.6. The van der Waals surface area contributed by atoms with Crippen molar-refractivity contribution in [2.24, 2.45) is 0 Å². The number of aromatic amines is 1. The Bertz CT molecular complexity index is 700. The van der Waals surface area contributed by atoms with Gasteiger partial charge in [-0.1, -0.05) is 30.3 Å². The molecule has 2 rings (SSSR count). The zero-order chi connectivity index (χ0) is 15.4. The fraction of sp³-hybridized carbons (Fsp3) is 0.214. The molecule has 1 heterocycles. The van der Waals surface area contributed by atoms with Crippen LogP contribution in [0, 0.1) is 6.92 Å². The van der Waals surface area contributed by atoms with Crippen molar-refractivity contribution in [2.45, 2.75) is 18.1 Å². The molecule has 0 spiro atoms. The molecule has 0 fully saturated rings. The summed E-state index contributed by atoms with van der Waals surface area (Å²) >= 11 is 1.04. The number of thioether (sulfide) groups is 1. The van der Waals surface area contributed by atoms with Crippen LogP contribution in [-0.2, 0) is 0 Å². The largest absolute Gasteiger partial charge is 0.478 e. The van der Waals surface area contributed by atoms with Gasteiger partial charge in [0.05, 0.1) is 6.10 Å². The molecule has 0 radical (unpaired) electrons. The summed E-state index contributed by atoms with van der Waals surface area (Å²) in [5, 5.41) is 19.4. The fourth-order valence-corrected chi connectivity index (χ4v) is 2.89. The van der Waals surface area contributed by atoms with Gasteiger partial charge in [-0.25, -0.2) is 9.59 Å². The van der Waals surface area contributed by atoms with Crippen LogP contribution >= 0.6 is 11.8 Å². The van der Waals surface area contributed by atoms with Crippen LogP contribution in [0.4, 0.5) is 0 Å². The summed E-state index contributed by atoms with van der Waals surface area (Å²) < 4.78 is 0. The highest BCUT2D eigenvalue weighted by Crippen LogP contribution is 2.26. The molecule has 0 saturated carbocycles. The number of carboxylic acid groups (broad SMARTS) is 1. The highest BCUT2D eigenvalue weighted by Gasteiger charge is 2.18. The Kier molecular flexibility index (Phi) is 4.77. The molecule has 0 aliphatic heterocycles. The lowest BCUT2D eigenvalue weighted by atomic mass is 10.1. The lowest BCUT2D eigenvalue weighted by Gasteiger charge is -2.11. The van der Waals surface area contributed by atoms with Crippen LogP contribution < -0.4 is 5.69 Å². The molecule has 0 aliphatic carbocycles. The Morgan fingerprint density at radius 2 is 2.05 bits per heavy atom. The number of carbonyl (C=O) groups is 1. The van der Waals surface area contributed by atoms with Crippen LogP contribution in [0.2, 0.25) is 0 Å². The molecular weight excluding hydrogens is 292 g/mol. The smallest absolute Gasteiger partial charge is 0.346 e. The topological polar surface area (TPSA) is 103 Å². The molecular formula is C14H14N2O4S. The van der Waals surface area contributed by atoms with Crippen molar-refractivity contribution >= 4 is 17.7 Å². The summed E-state index contributed by atoms with van der Waals surface area (Å²) in [6, 6.07) is 9.01. The lowest BCUT2D eigenvalue weighted by Crippen LogP contribution is -2.18.